The third-order valence-corrected chi connectivity index (χ3v) is 4.32. The Morgan fingerprint density at radius 3 is 2.71 bits per heavy atom. The van der Waals surface area contributed by atoms with Gasteiger partial charge >= 0.3 is 5.97 Å². The van der Waals surface area contributed by atoms with Gasteiger partial charge in [0.2, 0.25) is 0 Å². The van der Waals surface area contributed by atoms with Crippen LogP contribution in [-0.4, -0.2) is 34.7 Å². The lowest BCUT2D eigenvalue weighted by molar-refractivity contribution is -0.119. The molecule has 1 heterocycles. The summed E-state index contributed by atoms with van der Waals surface area (Å²) in [5.74, 6) is -1.41. The van der Waals surface area contributed by atoms with Gasteiger partial charge in [0.15, 0.2) is 17.5 Å². The molecule has 0 atom stereocenters. The number of halogens is 3. The molecule has 0 aliphatic heterocycles. The lowest BCUT2D eigenvalue weighted by Gasteiger charge is -2.09. The number of ether oxygens (including phenoxy) is 1. The van der Waals surface area contributed by atoms with Gasteiger partial charge < -0.3 is 10.1 Å². The van der Waals surface area contributed by atoms with Gasteiger partial charge in [-0.1, -0.05) is 52.6 Å². The van der Waals surface area contributed by atoms with E-state index in [2.05, 4.69) is 15.3 Å². The highest BCUT2D eigenvalue weighted by molar-refractivity contribution is 7.98. The van der Waals surface area contributed by atoms with Crippen LogP contribution in [-0.2, 0) is 9.53 Å². The van der Waals surface area contributed by atoms with Crippen LogP contribution in [0.1, 0.15) is 10.5 Å². The van der Waals surface area contributed by atoms with E-state index < -0.39 is 18.5 Å². The maximum Gasteiger partial charge on any atom is 0.359 e. The van der Waals surface area contributed by atoms with Crippen LogP contribution >= 0.6 is 46.6 Å². The Morgan fingerprint density at radius 2 is 2.00 bits per heavy atom. The van der Waals surface area contributed by atoms with Crippen LogP contribution in [0.4, 0.5) is 5.69 Å². The van der Waals surface area contributed by atoms with Crippen molar-refractivity contribution in [3.05, 3.63) is 45.2 Å². The van der Waals surface area contributed by atoms with Gasteiger partial charge in [0.1, 0.15) is 0 Å². The van der Waals surface area contributed by atoms with Crippen molar-refractivity contribution in [2.45, 2.75) is 5.16 Å². The van der Waals surface area contributed by atoms with Crippen LogP contribution in [0.25, 0.3) is 0 Å². The number of amides is 1. The molecule has 0 radical (unpaired) electrons. The molecule has 1 aromatic carbocycles. The fourth-order valence-corrected chi connectivity index (χ4v) is 2.44. The monoisotopic (exact) mass is 405 g/mol. The number of aromatic nitrogens is 2. The normalized spacial score (nSPS) is 10.3. The molecule has 0 fully saturated rings. The molecule has 0 unspecified atom stereocenters. The summed E-state index contributed by atoms with van der Waals surface area (Å²) in [6.45, 7) is -0.531. The first-order chi connectivity index (χ1) is 11.4. The number of nitrogens with one attached hydrogen (secondary N) is 1. The fraction of sp³-hybridized carbons (Fsp3) is 0.143. The molecule has 10 heteroatoms. The van der Waals surface area contributed by atoms with Gasteiger partial charge in [0.25, 0.3) is 5.91 Å². The SMILES string of the molecule is CSc1ncc(Cl)c(C(=O)OCC(=O)Nc2cccc(Cl)c2Cl)n1. The Labute approximate surface area is 156 Å². The van der Waals surface area contributed by atoms with Crippen LogP contribution in [0.5, 0.6) is 0 Å². The standard InChI is InChI=1S/C14H10Cl3N3O3S/c1-24-14-18-5-8(16)12(20-14)13(22)23-6-10(21)19-9-4-2-3-7(15)11(9)17/h2-5H,6H2,1H3,(H,19,21). The average molecular weight is 407 g/mol. The number of nitrogens with zero attached hydrogens (tertiary/aromatic N) is 2. The van der Waals surface area contributed by atoms with E-state index >= 15 is 0 Å². The molecule has 0 spiro atoms. The third-order valence-electron chi connectivity index (χ3n) is 2.66. The van der Waals surface area contributed by atoms with E-state index in [4.69, 9.17) is 39.5 Å². The molecular formula is C14H10Cl3N3O3S. The Hall–Kier alpha value is -1.54. The molecule has 0 saturated carbocycles. The Kier molecular flexibility index (Phi) is 6.68. The van der Waals surface area contributed by atoms with Crippen molar-refractivity contribution in [1.29, 1.82) is 0 Å². The van der Waals surface area contributed by atoms with Crippen molar-refractivity contribution in [3.63, 3.8) is 0 Å². The molecule has 126 valence electrons. The number of carbonyl (C=O) groups excluding carboxylic acids is 2. The summed E-state index contributed by atoms with van der Waals surface area (Å²) in [5.41, 5.74) is 0.208. The van der Waals surface area contributed by atoms with Gasteiger partial charge in [-0.05, 0) is 18.4 Å². The van der Waals surface area contributed by atoms with Crippen LogP contribution in [0.3, 0.4) is 0 Å². The summed E-state index contributed by atoms with van der Waals surface area (Å²) in [4.78, 5) is 31.7. The summed E-state index contributed by atoms with van der Waals surface area (Å²) >= 11 is 18.9. The van der Waals surface area contributed by atoms with Crippen molar-refractivity contribution in [3.8, 4) is 0 Å². The predicted molar refractivity (Wildman–Crippen MR) is 94.2 cm³/mol. The molecule has 24 heavy (non-hydrogen) atoms. The first-order valence-electron chi connectivity index (χ1n) is 6.40. The zero-order chi connectivity index (χ0) is 17.7. The van der Waals surface area contributed by atoms with Crippen molar-refractivity contribution in [1.82, 2.24) is 9.97 Å². The number of rotatable bonds is 5. The first kappa shape index (κ1) is 18.8. The highest BCUT2D eigenvalue weighted by atomic mass is 35.5. The highest BCUT2D eigenvalue weighted by Gasteiger charge is 2.17. The number of hydrogen-bond donors (Lipinski definition) is 1. The summed E-state index contributed by atoms with van der Waals surface area (Å²) in [7, 11) is 0. The minimum absolute atomic E-state index is 0.0380. The number of anilines is 1. The molecule has 0 aliphatic rings. The topological polar surface area (TPSA) is 81.2 Å². The van der Waals surface area contributed by atoms with Crippen LogP contribution in [0.2, 0.25) is 15.1 Å². The Morgan fingerprint density at radius 1 is 1.25 bits per heavy atom. The summed E-state index contributed by atoms with van der Waals surface area (Å²) in [6.07, 6.45) is 3.04. The highest BCUT2D eigenvalue weighted by Crippen LogP contribution is 2.29. The number of esters is 1. The van der Waals surface area contributed by atoms with Crippen molar-refractivity contribution >= 4 is 64.1 Å². The minimum Gasteiger partial charge on any atom is -0.451 e. The molecule has 0 aliphatic carbocycles. The number of hydrogen-bond acceptors (Lipinski definition) is 6. The van der Waals surface area contributed by atoms with E-state index in [9.17, 15) is 9.59 Å². The Balaban J connectivity index is 1.99. The summed E-state index contributed by atoms with van der Waals surface area (Å²) in [6, 6.07) is 4.78. The van der Waals surface area contributed by atoms with Crippen molar-refractivity contribution in [2.75, 3.05) is 18.2 Å². The van der Waals surface area contributed by atoms with Gasteiger partial charge in [0, 0.05) is 0 Å². The second kappa shape index (κ2) is 8.53. The summed E-state index contributed by atoms with van der Waals surface area (Å²) in [5, 5.41) is 3.38. The van der Waals surface area contributed by atoms with Gasteiger partial charge in [-0.25, -0.2) is 14.8 Å². The zero-order valence-electron chi connectivity index (χ0n) is 12.2. The minimum atomic E-state index is -0.829. The van der Waals surface area contributed by atoms with Gasteiger partial charge in [-0.2, -0.15) is 0 Å². The summed E-state index contributed by atoms with van der Waals surface area (Å²) < 4.78 is 4.90. The van der Waals surface area contributed by atoms with Crippen molar-refractivity contribution in [2.24, 2.45) is 0 Å². The van der Waals surface area contributed by atoms with Gasteiger partial charge in [-0.3, -0.25) is 4.79 Å². The molecule has 1 amide bonds. The molecule has 6 nitrogen and oxygen atoms in total. The quantitative estimate of drug-likeness (QED) is 0.460. The van der Waals surface area contributed by atoms with Crippen LogP contribution < -0.4 is 5.32 Å². The third kappa shape index (κ3) is 4.73. The molecule has 0 saturated heterocycles. The smallest absolute Gasteiger partial charge is 0.359 e. The molecule has 2 rings (SSSR count). The fourth-order valence-electron chi connectivity index (χ4n) is 1.58. The first-order valence-corrected chi connectivity index (χ1v) is 8.75. The van der Waals surface area contributed by atoms with Crippen LogP contribution in [0.15, 0.2) is 29.6 Å². The molecular weight excluding hydrogens is 397 g/mol. The van der Waals surface area contributed by atoms with E-state index in [1.165, 1.54) is 18.0 Å². The second-order valence-electron chi connectivity index (χ2n) is 4.28. The second-order valence-corrected chi connectivity index (χ2v) is 6.24. The number of thioether (sulfide) groups is 1. The molecule has 1 aromatic heterocycles. The van der Waals surface area contributed by atoms with Crippen LogP contribution in [0, 0.1) is 0 Å². The maximum absolute atomic E-state index is 12.0. The molecule has 0 bridgehead atoms. The van der Waals surface area contributed by atoms with E-state index in [0.29, 0.717) is 15.9 Å². The van der Waals surface area contributed by atoms with Gasteiger partial charge in [-0.15, -0.1) is 0 Å². The predicted octanol–water partition coefficient (Wildman–Crippen LogP) is 3.95. The lowest BCUT2D eigenvalue weighted by atomic mass is 10.3. The van der Waals surface area contributed by atoms with E-state index in [1.807, 2.05) is 0 Å². The van der Waals surface area contributed by atoms with E-state index in [-0.39, 0.29) is 15.7 Å². The Bertz CT molecular complexity index is 789. The lowest BCUT2D eigenvalue weighted by Crippen LogP contribution is -2.21. The average Bonchev–Trinajstić information content (AvgIpc) is 2.57. The largest absolute Gasteiger partial charge is 0.451 e. The van der Waals surface area contributed by atoms with E-state index in [1.54, 1.807) is 24.5 Å². The van der Waals surface area contributed by atoms with Crippen molar-refractivity contribution < 1.29 is 14.3 Å². The number of carbonyl (C=O) groups is 2. The number of benzene rings is 1. The van der Waals surface area contributed by atoms with E-state index in [0.717, 1.165) is 0 Å². The van der Waals surface area contributed by atoms with Gasteiger partial charge in [0.05, 0.1) is 27.0 Å². The maximum atomic E-state index is 12.0. The molecule has 1 N–H and O–H groups in total. The zero-order valence-corrected chi connectivity index (χ0v) is 15.3. The molecule has 2 aromatic rings.